The van der Waals surface area contributed by atoms with Gasteiger partial charge in [0.25, 0.3) is 5.91 Å². The lowest BCUT2D eigenvalue weighted by molar-refractivity contribution is -0.122. The lowest BCUT2D eigenvalue weighted by atomic mass is 10.2. The average Bonchev–Trinajstić information content (AvgIpc) is 2.61. The molecule has 2 rings (SSSR count). The summed E-state index contributed by atoms with van der Waals surface area (Å²) in [5.74, 6) is 0.432. The van der Waals surface area contributed by atoms with Gasteiger partial charge in [-0.05, 0) is 36.8 Å². The molecule has 0 spiro atoms. The summed E-state index contributed by atoms with van der Waals surface area (Å²) in [5, 5.41) is 2.54. The molecule has 134 valence electrons. The Hall–Kier alpha value is -2.54. The molecule has 25 heavy (non-hydrogen) atoms. The standard InChI is InChI=1S/C18H21NO5S/c1-14-8-9-16(17(12-14)23-2)24-13-18(20)19-10-11-25(21,22)15-6-4-3-5-7-15/h3-9,12H,10-11,13H2,1-2H3,(H,19,20). The van der Waals surface area contributed by atoms with E-state index >= 15 is 0 Å². The summed E-state index contributed by atoms with van der Waals surface area (Å²) in [7, 11) is -1.89. The fourth-order valence-corrected chi connectivity index (χ4v) is 3.34. The summed E-state index contributed by atoms with van der Waals surface area (Å²) in [6.07, 6.45) is 0. The third-order valence-corrected chi connectivity index (χ3v) is 5.21. The number of sulfone groups is 1. The van der Waals surface area contributed by atoms with Crippen LogP contribution in [0.1, 0.15) is 5.56 Å². The third-order valence-electron chi connectivity index (χ3n) is 3.47. The first-order valence-corrected chi connectivity index (χ1v) is 9.39. The number of nitrogens with one attached hydrogen (secondary N) is 1. The van der Waals surface area contributed by atoms with Crippen LogP contribution in [-0.4, -0.2) is 40.3 Å². The molecule has 7 heteroatoms. The second-order valence-corrected chi connectivity index (χ2v) is 7.53. The van der Waals surface area contributed by atoms with Crippen LogP contribution in [0, 0.1) is 6.92 Å². The molecule has 0 fully saturated rings. The Kier molecular flexibility index (Phi) is 6.41. The number of methoxy groups -OCH3 is 1. The average molecular weight is 363 g/mol. The van der Waals surface area contributed by atoms with Crippen molar-refractivity contribution < 1.29 is 22.7 Å². The zero-order valence-corrected chi connectivity index (χ0v) is 15.0. The molecule has 6 nitrogen and oxygen atoms in total. The second kappa shape index (κ2) is 8.53. The minimum Gasteiger partial charge on any atom is -0.493 e. The molecule has 0 bridgehead atoms. The smallest absolute Gasteiger partial charge is 0.257 e. The first-order chi connectivity index (χ1) is 11.9. The minimum absolute atomic E-state index is 0.0183. The van der Waals surface area contributed by atoms with E-state index in [-0.39, 0.29) is 23.8 Å². The highest BCUT2D eigenvalue weighted by Crippen LogP contribution is 2.27. The van der Waals surface area contributed by atoms with Crippen molar-refractivity contribution in [2.24, 2.45) is 0 Å². The summed E-state index contributed by atoms with van der Waals surface area (Å²) in [6.45, 7) is 1.72. The summed E-state index contributed by atoms with van der Waals surface area (Å²) >= 11 is 0. The van der Waals surface area contributed by atoms with Crippen LogP contribution in [-0.2, 0) is 14.6 Å². The molecule has 0 aliphatic heterocycles. The molecule has 0 saturated heterocycles. The van der Waals surface area contributed by atoms with Gasteiger partial charge in [0.15, 0.2) is 27.9 Å². The number of aryl methyl sites for hydroxylation is 1. The summed E-state index contributed by atoms with van der Waals surface area (Å²) in [6, 6.07) is 13.5. The van der Waals surface area contributed by atoms with Gasteiger partial charge in [-0.3, -0.25) is 4.79 Å². The van der Waals surface area contributed by atoms with E-state index in [1.54, 1.807) is 30.3 Å². The van der Waals surface area contributed by atoms with Crippen LogP contribution in [0.15, 0.2) is 53.4 Å². The van der Waals surface area contributed by atoms with Crippen LogP contribution < -0.4 is 14.8 Å². The van der Waals surface area contributed by atoms with Crippen molar-refractivity contribution >= 4 is 15.7 Å². The van der Waals surface area contributed by atoms with Gasteiger partial charge < -0.3 is 14.8 Å². The van der Waals surface area contributed by atoms with Crippen molar-refractivity contribution in [1.29, 1.82) is 0 Å². The van der Waals surface area contributed by atoms with Gasteiger partial charge in [-0.2, -0.15) is 0 Å². The number of carbonyl (C=O) groups excluding carboxylic acids is 1. The monoisotopic (exact) mass is 363 g/mol. The van der Waals surface area contributed by atoms with Crippen LogP contribution in [0.5, 0.6) is 11.5 Å². The SMILES string of the molecule is COc1cc(C)ccc1OCC(=O)NCCS(=O)(=O)c1ccccc1. The predicted octanol–water partition coefficient (Wildman–Crippen LogP) is 1.97. The normalized spacial score (nSPS) is 11.0. The zero-order valence-electron chi connectivity index (χ0n) is 14.2. The van der Waals surface area contributed by atoms with Crippen LogP contribution in [0.2, 0.25) is 0 Å². The highest BCUT2D eigenvalue weighted by molar-refractivity contribution is 7.91. The molecule has 0 atom stereocenters. The van der Waals surface area contributed by atoms with Gasteiger partial charge in [0, 0.05) is 6.54 Å². The quantitative estimate of drug-likeness (QED) is 0.775. The highest BCUT2D eigenvalue weighted by Gasteiger charge is 2.14. The van der Waals surface area contributed by atoms with Gasteiger partial charge in [0.2, 0.25) is 0 Å². The highest BCUT2D eigenvalue weighted by atomic mass is 32.2. The number of ether oxygens (including phenoxy) is 2. The summed E-state index contributed by atoms with van der Waals surface area (Å²) < 4.78 is 34.8. The van der Waals surface area contributed by atoms with Crippen molar-refractivity contribution in [1.82, 2.24) is 5.32 Å². The Morgan fingerprint density at radius 1 is 1.08 bits per heavy atom. The molecular weight excluding hydrogens is 342 g/mol. The molecule has 0 aliphatic rings. The Morgan fingerprint density at radius 3 is 2.48 bits per heavy atom. The topological polar surface area (TPSA) is 81.7 Å². The molecule has 0 aliphatic carbocycles. The maximum absolute atomic E-state index is 12.1. The second-order valence-electron chi connectivity index (χ2n) is 5.42. The van der Waals surface area contributed by atoms with Gasteiger partial charge in [0.05, 0.1) is 17.8 Å². The summed E-state index contributed by atoms with van der Waals surface area (Å²) in [4.78, 5) is 12.1. The van der Waals surface area contributed by atoms with E-state index in [0.29, 0.717) is 11.5 Å². The van der Waals surface area contributed by atoms with E-state index in [1.807, 2.05) is 13.0 Å². The number of hydrogen-bond donors (Lipinski definition) is 1. The molecule has 0 saturated carbocycles. The molecule has 2 aromatic carbocycles. The van der Waals surface area contributed by atoms with E-state index in [4.69, 9.17) is 9.47 Å². The summed E-state index contributed by atoms with van der Waals surface area (Å²) in [5.41, 5.74) is 1.01. The Bertz CT molecular complexity index is 819. The van der Waals surface area contributed by atoms with Gasteiger partial charge in [-0.25, -0.2) is 8.42 Å². The lowest BCUT2D eigenvalue weighted by Crippen LogP contribution is -2.33. The Morgan fingerprint density at radius 2 is 1.80 bits per heavy atom. The van der Waals surface area contributed by atoms with Crippen molar-refractivity contribution in [2.45, 2.75) is 11.8 Å². The first kappa shape index (κ1) is 18.8. The Labute approximate surface area is 147 Å². The number of amides is 1. The van der Waals surface area contributed by atoms with Crippen molar-refractivity contribution in [3.63, 3.8) is 0 Å². The molecule has 0 unspecified atom stereocenters. The molecule has 1 amide bonds. The third kappa shape index (κ3) is 5.49. The molecule has 2 aromatic rings. The Balaban J connectivity index is 1.82. The van der Waals surface area contributed by atoms with Gasteiger partial charge in [0.1, 0.15) is 0 Å². The van der Waals surface area contributed by atoms with Crippen LogP contribution in [0.3, 0.4) is 0 Å². The van der Waals surface area contributed by atoms with Crippen LogP contribution >= 0.6 is 0 Å². The fraction of sp³-hybridized carbons (Fsp3) is 0.278. The number of carbonyl (C=O) groups is 1. The lowest BCUT2D eigenvalue weighted by Gasteiger charge is -2.11. The maximum atomic E-state index is 12.1. The largest absolute Gasteiger partial charge is 0.493 e. The van der Waals surface area contributed by atoms with Crippen LogP contribution in [0.4, 0.5) is 0 Å². The van der Waals surface area contributed by atoms with E-state index in [0.717, 1.165) is 5.56 Å². The minimum atomic E-state index is -3.41. The number of hydrogen-bond acceptors (Lipinski definition) is 5. The molecule has 0 aromatic heterocycles. The first-order valence-electron chi connectivity index (χ1n) is 7.74. The predicted molar refractivity (Wildman–Crippen MR) is 94.7 cm³/mol. The zero-order chi connectivity index (χ0) is 18.3. The molecular formula is C18H21NO5S. The van der Waals surface area contributed by atoms with Gasteiger partial charge in [-0.1, -0.05) is 24.3 Å². The number of rotatable bonds is 8. The fourth-order valence-electron chi connectivity index (χ4n) is 2.16. The molecule has 0 radical (unpaired) electrons. The number of benzene rings is 2. The van der Waals surface area contributed by atoms with Crippen molar-refractivity contribution in [3.8, 4) is 11.5 Å². The van der Waals surface area contributed by atoms with Crippen LogP contribution in [0.25, 0.3) is 0 Å². The van der Waals surface area contributed by atoms with Crippen molar-refractivity contribution in [3.05, 3.63) is 54.1 Å². The molecule has 1 N–H and O–H groups in total. The van der Waals surface area contributed by atoms with E-state index in [2.05, 4.69) is 5.32 Å². The van der Waals surface area contributed by atoms with E-state index in [1.165, 1.54) is 19.2 Å². The van der Waals surface area contributed by atoms with Crippen molar-refractivity contribution in [2.75, 3.05) is 26.0 Å². The molecule has 0 heterocycles. The van der Waals surface area contributed by atoms with E-state index in [9.17, 15) is 13.2 Å². The van der Waals surface area contributed by atoms with E-state index < -0.39 is 15.7 Å². The maximum Gasteiger partial charge on any atom is 0.257 e. The van der Waals surface area contributed by atoms with Gasteiger partial charge in [-0.15, -0.1) is 0 Å². The van der Waals surface area contributed by atoms with Gasteiger partial charge >= 0.3 is 0 Å².